The van der Waals surface area contributed by atoms with E-state index < -0.39 is 0 Å². The first-order chi connectivity index (χ1) is 11.6. The summed E-state index contributed by atoms with van der Waals surface area (Å²) in [7, 11) is 0. The second-order valence-electron chi connectivity index (χ2n) is 5.70. The van der Waals surface area contributed by atoms with Gasteiger partial charge >= 0.3 is 0 Å². The van der Waals surface area contributed by atoms with Crippen LogP contribution in [0.4, 0.5) is 4.39 Å². The van der Waals surface area contributed by atoms with Gasteiger partial charge in [0.05, 0.1) is 12.6 Å². The number of carbonyl (C=O) groups excluding carboxylic acids is 1. The summed E-state index contributed by atoms with van der Waals surface area (Å²) in [5.41, 5.74) is 1.88. The Kier molecular flexibility index (Phi) is 6.90. The van der Waals surface area contributed by atoms with Gasteiger partial charge < -0.3 is 15.7 Å². The number of rotatable bonds is 8. The Morgan fingerprint density at radius 2 is 1.75 bits per heavy atom. The molecular weight excluding hydrogens is 307 g/mol. The Bertz CT molecular complexity index is 632. The average molecular weight is 330 g/mol. The van der Waals surface area contributed by atoms with Gasteiger partial charge in [0.15, 0.2) is 0 Å². The summed E-state index contributed by atoms with van der Waals surface area (Å²) < 4.78 is 12.9. The van der Waals surface area contributed by atoms with Gasteiger partial charge in [-0.2, -0.15) is 0 Å². The Labute approximate surface area is 141 Å². The number of halogens is 1. The van der Waals surface area contributed by atoms with Gasteiger partial charge in [-0.25, -0.2) is 4.39 Å². The maximum Gasteiger partial charge on any atom is 0.234 e. The summed E-state index contributed by atoms with van der Waals surface area (Å²) in [6, 6.07) is 15.5. The number of carbonyl (C=O) groups is 1. The zero-order valence-corrected chi connectivity index (χ0v) is 13.7. The number of benzene rings is 2. The van der Waals surface area contributed by atoms with Crippen molar-refractivity contribution < 1.29 is 14.3 Å². The molecule has 0 fully saturated rings. The normalized spacial score (nSPS) is 13.3. The third-order valence-electron chi connectivity index (χ3n) is 3.88. The third-order valence-corrected chi connectivity index (χ3v) is 3.88. The predicted molar refractivity (Wildman–Crippen MR) is 91.8 cm³/mol. The zero-order chi connectivity index (χ0) is 17.4. The van der Waals surface area contributed by atoms with Gasteiger partial charge in [0, 0.05) is 12.6 Å². The number of hydrogen-bond acceptors (Lipinski definition) is 3. The molecule has 0 aromatic heterocycles. The fourth-order valence-corrected chi connectivity index (χ4v) is 2.54. The van der Waals surface area contributed by atoms with Crippen molar-refractivity contribution in [2.45, 2.75) is 25.4 Å². The molecule has 1 amide bonds. The highest BCUT2D eigenvalue weighted by atomic mass is 19.1. The SMILES string of the molecule is CC(NC(=O)CNC(CCO)c1ccccc1)c1ccc(F)cc1. The molecule has 0 aliphatic heterocycles. The first-order valence-corrected chi connectivity index (χ1v) is 8.04. The van der Waals surface area contributed by atoms with Crippen molar-refractivity contribution in [3.8, 4) is 0 Å². The fourth-order valence-electron chi connectivity index (χ4n) is 2.54. The van der Waals surface area contributed by atoms with Crippen LogP contribution in [-0.4, -0.2) is 24.2 Å². The zero-order valence-electron chi connectivity index (χ0n) is 13.7. The van der Waals surface area contributed by atoms with E-state index in [1.165, 1.54) is 12.1 Å². The van der Waals surface area contributed by atoms with Crippen LogP contribution < -0.4 is 10.6 Å². The molecule has 0 aliphatic rings. The largest absolute Gasteiger partial charge is 0.396 e. The van der Waals surface area contributed by atoms with E-state index in [1.807, 2.05) is 37.3 Å². The quantitative estimate of drug-likeness (QED) is 0.697. The summed E-state index contributed by atoms with van der Waals surface area (Å²) in [5.74, 6) is -0.445. The molecule has 0 heterocycles. The van der Waals surface area contributed by atoms with E-state index >= 15 is 0 Å². The molecule has 2 atom stereocenters. The lowest BCUT2D eigenvalue weighted by atomic mass is 10.0. The van der Waals surface area contributed by atoms with Gasteiger partial charge in [0.25, 0.3) is 0 Å². The number of aliphatic hydroxyl groups is 1. The van der Waals surface area contributed by atoms with Crippen molar-refractivity contribution in [1.29, 1.82) is 0 Å². The first-order valence-electron chi connectivity index (χ1n) is 8.04. The molecule has 0 radical (unpaired) electrons. The van der Waals surface area contributed by atoms with Crippen molar-refractivity contribution in [1.82, 2.24) is 10.6 Å². The second kappa shape index (κ2) is 9.15. The molecule has 0 saturated carbocycles. The van der Waals surface area contributed by atoms with Crippen molar-refractivity contribution in [2.75, 3.05) is 13.2 Å². The first kappa shape index (κ1) is 18.1. The molecule has 3 N–H and O–H groups in total. The maximum atomic E-state index is 12.9. The summed E-state index contributed by atoms with van der Waals surface area (Å²) in [6.45, 7) is 2.04. The van der Waals surface area contributed by atoms with Crippen LogP contribution in [0.2, 0.25) is 0 Å². The molecule has 2 unspecified atom stereocenters. The van der Waals surface area contributed by atoms with E-state index in [0.717, 1.165) is 11.1 Å². The highest BCUT2D eigenvalue weighted by molar-refractivity contribution is 5.78. The number of hydrogen-bond donors (Lipinski definition) is 3. The van der Waals surface area contributed by atoms with Crippen LogP contribution in [0.25, 0.3) is 0 Å². The van der Waals surface area contributed by atoms with Gasteiger partial charge in [-0.3, -0.25) is 4.79 Å². The van der Waals surface area contributed by atoms with Crippen LogP contribution in [0.3, 0.4) is 0 Å². The molecule has 0 bridgehead atoms. The Hall–Kier alpha value is -2.24. The van der Waals surface area contributed by atoms with Crippen molar-refractivity contribution in [2.24, 2.45) is 0 Å². The molecule has 128 valence electrons. The molecule has 2 aromatic rings. The fraction of sp³-hybridized carbons (Fsp3) is 0.316. The van der Waals surface area contributed by atoms with E-state index in [0.29, 0.717) is 6.42 Å². The van der Waals surface area contributed by atoms with Crippen molar-refractivity contribution >= 4 is 5.91 Å². The summed E-state index contributed by atoms with van der Waals surface area (Å²) in [5, 5.41) is 15.3. The van der Waals surface area contributed by atoms with Gasteiger partial charge in [-0.1, -0.05) is 42.5 Å². The van der Waals surface area contributed by atoms with E-state index in [2.05, 4.69) is 10.6 Å². The Balaban J connectivity index is 1.87. The van der Waals surface area contributed by atoms with Crippen LogP contribution in [-0.2, 0) is 4.79 Å². The standard InChI is InChI=1S/C19H23FN2O2/c1-14(15-7-9-17(20)10-8-15)22-19(24)13-21-18(11-12-23)16-5-3-2-4-6-16/h2-10,14,18,21,23H,11-13H2,1H3,(H,22,24). The predicted octanol–water partition coefficient (Wildman–Crippen LogP) is 2.72. The molecular formula is C19H23FN2O2. The van der Waals surface area contributed by atoms with Crippen LogP contribution in [0.15, 0.2) is 54.6 Å². The summed E-state index contributed by atoms with van der Waals surface area (Å²) >= 11 is 0. The molecule has 0 aliphatic carbocycles. The van der Waals surface area contributed by atoms with Gasteiger partial charge in [0.2, 0.25) is 5.91 Å². The van der Waals surface area contributed by atoms with Crippen LogP contribution >= 0.6 is 0 Å². The van der Waals surface area contributed by atoms with Gasteiger partial charge in [-0.05, 0) is 36.6 Å². The Morgan fingerprint density at radius 3 is 2.38 bits per heavy atom. The molecule has 4 nitrogen and oxygen atoms in total. The molecule has 2 aromatic carbocycles. The number of aliphatic hydroxyl groups excluding tert-OH is 1. The second-order valence-corrected chi connectivity index (χ2v) is 5.70. The summed E-state index contributed by atoms with van der Waals surface area (Å²) in [4.78, 5) is 12.1. The topological polar surface area (TPSA) is 61.4 Å². The monoisotopic (exact) mass is 330 g/mol. The van der Waals surface area contributed by atoms with Gasteiger partial charge in [-0.15, -0.1) is 0 Å². The smallest absolute Gasteiger partial charge is 0.234 e. The third kappa shape index (κ3) is 5.44. The van der Waals surface area contributed by atoms with E-state index in [4.69, 9.17) is 0 Å². The number of nitrogens with one attached hydrogen (secondary N) is 2. The minimum atomic E-state index is -0.298. The highest BCUT2D eigenvalue weighted by Crippen LogP contribution is 2.16. The number of amides is 1. The maximum absolute atomic E-state index is 12.9. The lowest BCUT2D eigenvalue weighted by Gasteiger charge is -2.19. The van der Waals surface area contributed by atoms with Crippen LogP contribution in [0.5, 0.6) is 0 Å². The van der Waals surface area contributed by atoms with Crippen LogP contribution in [0, 0.1) is 5.82 Å². The molecule has 0 saturated heterocycles. The van der Waals surface area contributed by atoms with Gasteiger partial charge in [0.1, 0.15) is 5.82 Å². The highest BCUT2D eigenvalue weighted by Gasteiger charge is 2.14. The molecule has 0 spiro atoms. The van der Waals surface area contributed by atoms with Crippen molar-refractivity contribution in [3.05, 3.63) is 71.5 Å². The minimum Gasteiger partial charge on any atom is -0.396 e. The van der Waals surface area contributed by atoms with Crippen LogP contribution in [0.1, 0.15) is 36.6 Å². The Morgan fingerprint density at radius 1 is 1.08 bits per heavy atom. The lowest BCUT2D eigenvalue weighted by Crippen LogP contribution is -2.37. The van der Waals surface area contributed by atoms with E-state index in [9.17, 15) is 14.3 Å². The van der Waals surface area contributed by atoms with E-state index in [1.54, 1.807) is 12.1 Å². The molecule has 24 heavy (non-hydrogen) atoms. The lowest BCUT2D eigenvalue weighted by molar-refractivity contribution is -0.121. The van der Waals surface area contributed by atoms with Crippen molar-refractivity contribution in [3.63, 3.8) is 0 Å². The average Bonchev–Trinajstić information content (AvgIpc) is 2.60. The van der Waals surface area contributed by atoms with E-state index in [-0.39, 0.29) is 37.0 Å². The summed E-state index contributed by atoms with van der Waals surface area (Å²) in [6.07, 6.45) is 0.533. The molecule has 5 heteroatoms. The minimum absolute atomic E-state index is 0.0418. The molecule has 2 rings (SSSR count).